The van der Waals surface area contributed by atoms with Gasteiger partial charge in [-0.1, -0.05) is 0 Å². The number of nitrogens with zero attached hydrogens (tertiary/aromatic N) is 1. The highest BCUT2D eigenvalue weighted by molar-refractivity contribution is 5.69. The summed E-state index contributed by atoms with van der Waals surface area (Å²) < 4.78 is 5.60. The van der Waals surface area contributed by atoms with E-state index in [9.17, 15) is 4.79 Å². The highest BCUT2D eigenvalue weighted by Crippen LogP contribution is 2.39. The molecule has 0 N–H and O–H groups in total. The molecule has 0 aromatic rings. The van der Waals surface area contributed by atoms with E-state index in [2.05, 4.69) is 0 Å². The molecule has 0 bridgehead atoms. The fourth-order valence-electron chi connectivity index (χ4n) is 2.55. The zero-order chi connectivity index (χ0) is 10.2. The lowest BCUT2D eigenvalue weighted by atomic mass is 9.96. The second-order valence-electron chi connectivity index (χ2n) is 4.80. The summed E-state index contributed by atoms with van der Waals surface area (Å²) in [6, 6.07) is 0.265. The number of amides is 1. The van der Waals surface area contributed by atoms with Crippen LogP contribution < -0.4 is 0 Å². The Balaban J connectivity index is 2.02. The molecule has 1 aliphatic heterocycles. The molecular formula is C11H19NO2. The van der Waals surface area contributed by atoms with E-state index in [4.69, 9.17) is 4.74 Å². The van der Waals surface area contributed by atoms with Gasteiger partial charge in [-0.15, -0.1) is 0 Å². The minimum absolute atomic E-state index is 0.0809. The fourth-order valence-corrected chi connectivity index (χ4v) is 2.55. The molecule has 2 aliphatic rings. The van der Waals surface area contributed by atoms with Gasteiger partial charge in [0.15, 0.2) is 0 Å². The predicted molar refractivity (Wildman–Crippen MR) is 54.1 cm³/mol. The molecule has 1 saturated heterocycles. The normalized spacial score (nSPS) is 25.9. The van der Waals surface area contributed by atoms with Crippen LogP contribution in [0.25, 0.3) is 0 Å². The van der Waals surface area contributed by atoms with Gasteiger partial charge in [-0.25, -0.2) is 4.79 Å². The highest BCUT2D eigenvalue weighted by atomic mass is 16.6. The van der Waals surface area contributed by atoms with Crippen molar-refractivity contribution in [1.82, 2.24) is 4.90 Å². The molecule has 3 heteroatoms. The SMILES string of the molecule is CC(C)N1CCC2(CCCC2)OC1=O. The van der Waals surface area contributed by atoms with Crippen LogP contribution in [0.4, 0.5) is 4.79 Å². The Morgan fingerprint density at radius 1 is 1.29 bits per heavy atom. The largest absolute Gasteiger partial charge is 0.443 e. The van der Waals surface area contributed by atoms with Gasteiger partial charge in [-0.05, 0) is 39.5 Å². The Morgan fingerprint density at radius 2 is 1.93 bits per heavy atom. The molecule has 1 saturated carbocycles. The molecule has 0 aromatic heterocycles. The van der Waals surface area contributed by atoms with E-state index in [0.29, 0.717) is 0 Å². The maximum atomic E-state index is 11.7. The van der Waals surface area contributed by atoms with Crippen molar-refractivity contribution in [2.45, 2.75) is 57.6 Å². The molecule has 1 heterocycles. The van der Waals surface area contributed by atoms with Crippen LogP contribution in [-0.2, 0) is 4.74 Å². The van der Waals surface area contributed by atoms with Gasteiger partial charge in [-0.3, -0.25) is 0 Å². The minimum Gasteiger partial charge on any atom is -0.443 e. The third-order valence-corrected chi connectivity index (χ3v) is 3.48. The summed E-state index contributed by atoms with van der Waals surface area (Å²) in [5, 5.41) is 0. The molecule has 0 radical (unpaired) electrons. The summed E-state index contributed by atoms with van der Waals surface area (Å²) in [5.74, 6) is 0. The van der Waals surface area contributed by atoms with Crippen LogP contribution in [-0.4, -0.2) is 29.2 Å². The fraction of sp³-hybridized carbons (Fsp3) is 0.909. The van der Waals surface area contributed by atoms with Gasteiger partial charge >= 0.3 is 6.09 Å². The van der Waals surface area contributed by atoms with E-state index in [-0.39, 0.29) is 17.7 Å². The van der Waals surface area contributed by atoms with Crippen molar-refractivity contribution >= 4 is 6.09 Å². The van der Waals surface area contributed by atoms with Gasteiger partial charge < -0.3 is 9.64 Å². The van der Waals surface area contributed by atoms with Crippen molar-refractivity contribution in [2.24, 2.45) is 0 Å². The average Bonchev–Trinajstić information content (AvgIpc) is 2.52. The first-order chi connectivity index (χ1) is 6.63. The number of carbonyl (C=O) groups is 1. The number of hydrogen-bond acceptors (Lipinski definition) is 2. The number of ether oxygens (including phenoxy) is 1. The molecule has 1 spiro atoms. The van der Waals surface area contributed by atoms with Crippen molar-refractivity contribution in [1.29, 1.82) is 0 Å². The molecule has 2 rings (SSSR count). The Bertz CT molecular complexity index is 231. The molecule has 3 nitrogen and oxygen atoms in total. The summed E-state index contributed by atoms with van der Waals surface area (Å²) in [5.41, 5.74) is -0.0809. The first kappa shape index (κ1) is 9.81. The first-order valence-corrected chi connectivity index (χ1v) is 5.63. The molecule has 1 amide bonds. The van der Waals surface area contributed by atoms with E-state index in [1.165, 1.54) is 12.8 Å². The van der Waals surface area contributed by atoms with Gasteiger partial charge in [0.2, 0.25) is 0 Å². The third-order valence-electron chi connectivity index (χ3n) is 3.48. The van der Waals surface area contributed by atoms with E-state index in [1.807, 2.05) is 18.7 Å². The number of carbonyl (C=O) groups excluding carboxylic acids is 1. The van der Waals surface area contributed by atoms with Crippen LogP contribution in [0.1, 0.15) is 46.0 Å². The van der Waals surface area contributed by atoms with E-state index < -0.39 is 0 Å². The smallest absolute Gasteiger partial charge is 0.410 e. The van der Waals surface area contributed by atoms with Gasteiger partial charge in [-0.2, -0.15) is 0 Å². The molecular weight excluding hydrogens is 178 g/mol. The average molecular weight is 197 g/mol. The van der Waals surface area contributed by atoms with Gasteiger partial charge in [0, 0.05) is 19.0 Å². The lowest BCUT2D eigenvalue weighted by molar-refractivity contribution is -0.0500. The van der Waals surface area contributed by atoms with Crippen LogP contribution in [0, 0.1) is 0 Å². The van der Waals surface area contributed by atoms with Crippen molar-refractivity contribution in [3.63, 3.8) is 0 Å². The molecule has 0 aromatic carbocycles. The molecule has 80 valence electrons. The molecule has 0 atom stereocenters. The van der Waals surface area contributed by atoms with Gasteiger partial charge in [0.05, 0.1) is 0 Å². The topological polar surface area (TPSA) is 29.5 Å². The number of hydrogen-bond donors (Lipinski definition) is 0. The molecule has 14 heavy (non-hydrogen) atoms. The minimum atomic E-state index is -0.104. The molecule has 0 unspecified atom stereocenters. The van der Waals surface area contributed by atoms with Crippen molar-refractivity contribution < 1.29 is 9.53 Å². The number of rotatable bonds is 1. The molecule has 1 aliphatic carbocycles. The summed E-state index contributed by atoms with van der Waals surface area (Å²) in [6.45, 7) is 4.94. The monoisotopic (exact) mass is 197 g/mol. The lowest BCUT2D eigenvalue weighted by Crippen LogP contribution is -2.50. The van der Waals surface area contributed by atoms with Crippen LogP contribution in [0.3, 0.4) is 0 Å². The predicted octanol–water partition coefficient (Wildman–Crippen LogP) is 2.55. The standard InChI is InChI=1S/C11H19NO2/c1-9(2)12-8-7-11(14-10(12)13)5-3-4-6-11/h9H,3-8H2,1-2H3. The van der Waals surface area contributed by atoms with E-state index in [1.54, 1.807) is 0 Å². The Kier molecular flexibility index (Phi) is 2.41. The summed E-state index contributed by atoms with van der Waals surface area (Å²) in [6.07, 6.45) is 5.50. The summed E-state index contributed by atoms with van der Waals surface area (Å²) in [4.78, 5) is 13.5. The van der Waals surface area contributed by atoms with Crippen LogP contribution in [0.5, 0.6) is 0 Å². The van der Waals surface area contributed by atoms with Crippen molar-refractivity contribution in [2.75, 3.05) is 6.54 Å². The maximum Gasteiger partial charge on any atom is 0.410 e. The zero-order valence-corrected chi connectivity index (χ0v) is 9.08. The maximum absolute atomic E-state index is 11.7. The van der Waals surface area contributed by atoms with Crippen LogP contribution >= 0.6 is 0 Å². The van der Waals surface area contributed by atoms with Gasteiger partial charge in [0.1, 0.15) is 5.60 Å². The van der Waals surface area contributed by atoms with Crippen molar-refractivity contribution in [3.05, 3.63) is 0 Å². The lowest BCUT2D eigenvalue weighted by Gasteiger charge is -2.40. The summed E-state index contributed by atoms with van der Waals surface area (Å²) >= 11 is 0. The van der Waals surface area contributed by atoms with Crippen molar-refractivity contribution in [3.8, 4) is 0 Å². The summed E-state index contributed by atoms with van der Waals surface area (Å²) in [7, 11) is 0. The first-order valence-electron chi connectivity index (χ1n) is 5.63. The highest BCUT2D eigenvalue weighted by Gasteiger charge is 2.43. The third kappa shape index (κ3) is 1.60. The Morgan fingerprint density at radius 3 is 2.43 bits per heavy atom. The van der Waals surface area contributed by atoms with E-state index in [0.717, 1.165) is 25.8 Å². The molecule has 2 fully saturated rings. The van der Waals surface area contributed by atoms with E-state index >= 15 is 0 Å². The zero-order valence-electron chi connectivity index (χ0n) is 9.08. The second-order valence-corrected chi connectivity index (χ2v) is 4.80. The Hall–Kier alpha value is -0.730. The Labute approximate surface area is 85.4 Å². The quantitative estimate of drug-likeness (QED) is 0.646. The second kappa shape index (κ2) is 3.44. The van der Waals surface area contributed by atoms with Crippen LogP contribution in [0.15, 0.2) is 0 Å². The van der Waals surface area contributed by atoms with Crippen LogP contribution in [0.2, 0.25) is 0 Å². The van der Waals surface area contributed by atoms with Gasteiger partial charge in [0.25, 0.3) is 0 Å².